The van der Waals surface area contributed by atoms with Gasteiger partial charge in [0.25, 0.3) is 0 Å². The zero-order valence-corrected chi connectivity index (χ0v) is 12.7. The van der Waals surface area contributed by atoms with Crippen molar-refractivity contribution in [1.29, 1.82) is 0 Å². The first-order valence-corrected chi connectivity index (χ1v) is 7.46. The van der Waals surface area contributed by atoms with Crippen molar-refractivity contribution in [3.05, 3.63) is 33.4 Å². The molecular weight excluding hydrogens is 366 g/mol. The van der Waals surface area contributed by atoms with Crippen LogP contribution in [0.25, 0.3) is 0 Å². The molecule has 0 saturated heterocycles. The molecule has 1 nitrogen and oxygen atoms in total. The molecule has 1 aliphatic rings. The lowest BCUT2D eigenvalue weighted by Gasteiger charge is -2.38. The smallest absolute Gasteiger partial charge is 0.325 e. The molecule has 0 aliphatic heterocycles. The lowest BCUT2D eigenvalue weighted by Crippen LogP contribution is -2.47. The van der Waals surface area contributed by atoms with E-state index >= 15 is 0 Å². The van der Waals surface area contributed by atoms with Crippen molar-refractivity contribution in [2.45, 2.75) is 43.8 Å². The highest BCUT2D eigenvalue weighted by atomic mass is 127. The fourth-order valence-corrected chi connectivity index (χ4v) is 3.07. The number of nitrogens with two attached hydrogens (primary N) is 1. The molecule has 0 spiro atoms. The number of hydrogen-bond acceptors (Lipinski definition) is 1. The van der Waals surface area contributed by atoms with Crippen LogP contribution in [0.1, 0.15) is 31.2 Å². The molecule has 106 valence electrons. The van der Waals surface area contributed by atoms with Gasteiger partial charge in [-0.25, -0.2) is 0 Å². The van der Waals surface area contributed by atoms with Gasteiger partial charge in [0.2, 0.25) is 0 Å². The quantitative estimate of drug-likeness (QED) is 0.758. The Balaban J connectivity index is 1.96. The molecule has 1 fully saturated rings. The van der Waals surface area contributed by atoms with Gasteiger partial charge in [0.15, 0.2) is 0 Å². The van der Waals surface area contributed by atoms with Crippen LogP contribution in [0.5, 0.6) is 0 Å². The molecule has 2 rings (SSSR count). The minimum atomic E-state index is -4.07. The van der Waals surface area contributed by atoms with Gasteiger partial charge in [-0.05, 0) is 72.4 Å². The van der Waals surface area contributed by atoms with Gasteiger partial charge in [-0.15, -0.1) is 0 Å². The summed E-state index contributed by atoms with van der Waals surface area (Å²) in [4.78, 5) is 0. The minimum absolute atomic E-state index is 0.157. The van der Waals surface area contributed by atoms with Crippen LogP contribution in [0.2, 0.25) is 0 Å². The van der Waals surface area contributed by atoms with E-state index in [-0.39, 0.29) is 12.8 Å². The summed E-state index contributed by atoms with van der Waals surface area (Å²) in [6, 6.07) is 8.01. The Labute approximate surface area is 124 Å². The lowest BCUT2D eigenvalue weighted by molar-refractivity contribution is -0.184. The summed E-state index contributed by atoms with van der Waals surface area (Å²) in [6.07, 6.45) is -2.19. The van der Waals surface area contributed by atoms with E-state index in [4.69, 9.17) is 5.73 Å². The zero-order valence-electron chi connectivity index (χ0n) is 10.5. The second-order valence-electron chi connectivity index (χ2n) is 5.48. The van der Waals surface area contributed by atoms with Gasteiger partial charge in [0.1, 0.15) is 0 Å². The number of rotatable bonds is 2. The maximum absolute atomic E-state index is 12.6. The molecule has 0 bridgehead atoms. The summed E-state index contributed by atoms with van der Waals surface area (Å²) < 4.78 is 39.0. The second-order valence-corrected chi connectivity index (χ2v) is 6.73. The van der Waals surface area contributed by atoms with Gasteiger partial charge in [-0.1, -0.05) is 12.1 Å². The van der Waals surface area contributed by atoms with E-state index in [0.717, 1.165) is 9.13 Å². The van der Waals surface area contributed by atoms with Crippen LogP contribution in [0.15, 0.2) is 24.3 Å². The average Bonchev–Trinajstić information content (AvgIpc) is 2.31. The summed E-state index contributed by atoms with van der Waals surface area (Å²) in [7, 11) is 0. The highest BCUT2D eigenvalue weighted by Crippen LogP contribution is 2.41. The van der Waals surface area contributed by atoms with Gasteiger partial charge >= 0.3 is 6.18 Å². The zero-order chi connectivity index (χ0) is 14.1. The van der Waals surface area contributed by atoms with E-state index in [9.17, 15) is 13.2 Å². The highest BCUT2D eigenvalue weighted by Gasteiger charge is 2.44. The lowest BCUT2D eigenvalue weighted by atomic mass is 9.74. The molecule has 0 radical (unpaired) electrons. The van der Waals surface area contributed by atoms with Gasteiger partial charge < -0.3 is 5.73 Å². The maximum atomic E-state index is 12.6. The van der Waals surface area contributed by atoms with Crippen LogP contribution in [0, 0.1) is 9.49 Å². The van der Waals surface area contributed by atoms with Crippen LogP contribution in [-0.2, 0) is 6.42 Å². The van der Waals surface area contributed by atoms with E-state index in [1.165, 1.54) is 0 Å². The van der Waals surface area contributed by atoms with Crippen LogP contribution < -0.4 is 5.73 Å². The largest absolute Gasteiger partial charge is 0.391 e. The number of benzene rings is 1. The Morgan fingerprint density at radius 2 is 1.68 bits per heavy atom. The van der Waals surface area contributed by atoms with E-state index in [2.05, 4.69) is 22.6 Å². The third kappa shape index (κ3) is 4.08. The van der Waals surface area contributed by atoms with Crippen LogP contribution in [0.4, 0.5) is 13.2 Å². The topological polar surface area (TPSA) is 26.0 Å². The van der Waals surface area contributed by atoms with E-state index < -0.39 is 17.6 Å². The van der Waals surface area contributed by atoms with Crippen molar-refractivity contribution < 1.29 is 13.2 Å². The van der Waals surface area contributed by atoms with Gasteiger partial charge in [0.05, 0.1) is 5.92 Å². The Morgan fingerprint density at radius 1 is 1.16 bits per heavy atom. The molecule has 1 aromatic carbocycles. The second kappa shape index (κ2) is 5.60. The van der Waals surface area contributed by atoms with Crippen LogP contribution in [-0.4, -0.2) is 11.7 Å². The Bertz CT molecular complexity index is 419. The molecule has 0 atom stereocenters. The maximum Gasteiger partial charge on any atom is 0.391 e. The van der Waals surface area contributed by atoms with Crippen molar-refractivity contribution in [3.8, 4) is 0 Å². The summed E-state index contributed by atoms with van der Waals surface area (Å²) in [5.74, 6) is -1.17. The summed E-state index contributed by atoms with van der Waals surface area (Å²) in [6.45, 7) is 0. The molecule has 1 saturated carbocycles. The van der Waals surface area contributed by atoms with Crippen molar-refractivity contribution >= 4 is 22.6 Å². The van der Waals surface area contributed by atoms with E-state index in [0.29, 0.717) is 19.3 Å². The first-order chi connectivity index (χ1) is 8.78. The molecular formula is C14H17F3IN. The van der Waals surface area contributed by atoms with Crippen molar-refractivity contribution in [1.82, 2.24) is 0 Å². The summed E-state index contributed by atoms with van der Waals surface area (Å²) in [5.41, 5.74) is 6.89. The molecule has 0 heterocycles. The third-order valence-electron chi connectivity index (χ3n) is 3.91. The fourth-order valence-electron chi connectivity index (χ4n) is 2.71. The fraction of sp³-hybridized carbons (Fsp3) is 0.571. The average molecular weight is 383 g/mol. The normalized spacial score (nSPS) is 28.4. The molecule has 0 aromatic heterocycles. The Kier molecular flexibility index (Phi) is 4.45. The van der Waals surface area contributed by atoms with Gasteiger partial charge in [-0.3, -0.25) is 0 Å². The molecule has 1 aliphatic carbocycles. The monoisotopic (exact) mass is 383 g/mol. The first-order valence-electron chi connectivity index (χ1n) is 6.39. The number of halogens is 4. The SMILES string of the molecule is NC1(Cc2ccc(I)cc2)CCC(C(F)(F)F)CC1. The van der Waals surface area contributed by atoms with Crippen molar-refractivity contribution in [2.24, 2.45) is 11.7 Å². The Morgan fingerprint density at radius 3 is 2.16 bits per heavy atom. The predicted molar refractivity (Wildman–Crippen MR) is 77.8 cm³/mol. The third-order valence-corrected chi connectivity index (χ3v) is 4.63. The first kappa shape index (κ1) is 15.1. The molecule has 0 amide bonds. The van der Waals surface area contributed by atoms with E-state index in [1.54, 1.807) is 0 Å². The van der Waals surface area contributed by atoms with Crippen LogP contribution >= 0.6 is 22.6 Å². The minimum Gasteiger partial charge on any atom is -0.325 e. The van der Waals surface area contributed by atoms with Gasteiger partial charge in [-0.2, -0.15) is 13.2 Å². The number of hydrogen-bond donors (Lipinski definition) is 1. The molecule has 1 aromatic rings. The molecule has 0 unspecified atom stereocenters. The van der Waals surface area contributed by atoms with Gasteiger partial charge in [0, 0.05) is 9.11 Å². The molecule has 19 heavy (non-hydrogen) atoms. The molecule has 5 heteroatoms. The van der Waals surface area contributed by atoms with E-state index in [1.807, 2.05) is 24.3 Å². The highest BCUT2D eigenvalue weighted by molar-refractivity contribution is 14.1. The van der Waals surface area contributed by atoms with Crippen molar-refractivity contribution in [3.63, 3.8) is 0 Å². The van der Waals surface area contributed by atoms with Crippen LogP contribution in [0.3, 0.4) is 0 Å². The summed E-state index contributed by atoms with van der Waals surface area (Å²) in [5, 5.41) is 0. The predicted octanol–water partition coefficient (Wildman–Crippen LogP) is 4.28. The van der Waals surface area contributed by atoms with Crippen molar-refractivity contribution in [2.75, 3.05) is 0 Å². The Hall–Kier alpha value is -0.300. The molecule has 2 N–H and O–H groups in total. The standard InChI is InChI=1S/C14H17F3IN/c15-14(16,17)11-5-7-13(19,8-6-11)9-10-1-3-12(18)4-2-10/h1-4,11H,5-9,19H2. The summed E-state index contributed by atoms with van der Waals surface area (Å²) >= 11 is 2.23. The number of alkyl halides is 3.